The van der Waals surface area contributed by atoms with E-state index in [2.05, 4.69) is 19.6 Å². The fraction of sp³-hybridized carbons (Fsp3) is 0.500. The van der Waals surface area contributed by atoms with Gasteiger partial charge < -0.3 is 14.7 Å². The Morgan fingerprint density at radius 3 is 2.50 bits per heavy atom. The number of hydrogen-bond acceptors (Lipinski definition) is 7. The summed E-state index contributed by atoms with van der Waals surface area (Å²) in [6.45, 7) is 1.60. The lowest BCUT2D eigenvalue weighted by Crippen LogP contribution is -2.20. The van der Waals surface area contributed by atoms with Crippen LogP contribution in [0.4, 0.5) is 0 Å². The lowest BCUT2D eigenvalue weighted by molar-refractivity contribution is -0.696. The number of benzene rings is 1. The Morgan fingerprint density at radius 2 is 1.86 bits per heavy atom. The van der Waals surface area contributed by atoms with E-state index in [1.165, 1.54) is 0 Å². The smallest absolute Gasteiger partial charge is 0.306 e. The highest BCUT2D eigenvalue weighted by Crippen LogP contribution is 2.36. The number of phosphoric ester groups is 1. The van der Waals surface area contributed by atoms with E-state index < -0.39 is 13.9 Å². The first-order valence-electron chi connectivity index (χ1n) is 6.59. The van der Waals surface area contributed by atoms with Gasteiger partial charge in [-0.1, -0.05) is 38.0 Å². The Hall–Kier alpha value is -1.03. The lowest BCUT2D eigenvalue weighted by atomic mass is 10.2. The SMILES string of the molecule is CCCCC(COP(=O)(O)O)OOOOOc1ccccc1. The molecule has 0 fully saturated rings. The third-order valence-electron chi connectivity index (χ3n) is 2.41. The summed E-state index contributed by atoms with van der Waals surface area (Å²) < 4.78 is 15.0. The molecule has 0 aromatic heterocycles. The summed E-state index contributed by atoms with van der Waals surface area (Å²) in [6, 6.07) is 8.52. The highest BCUT2D eigenvalue weighted by atomic mass is 31.2. The highest BCUT2D eigenvalue weighted by molar-refractivity contribution is 7.46. The summed E-state index contributed by atoms with van der Waals surface area (Å²) in [4.78, 5) is 26.8. The molecule has 0 saturated heterocycles. The van der Waals surface area contributed by atoms with E-state index in [4.69, 9.17) is 19.6 Å². The van der Waals surface area contributed by atoms with Gasteiger partial charge in [-0.3, -0.25) is 4.52 Å². The maximum Gasteiger partial charge on any atom is 0.469 e. The molecule has 0 aliphatic heterocycles. The van der Waals surface area contributed by atoms with Gasteiger partial charge in [-0.2, -0.15) is 4.89 Å². The van der Waals surface area contributed by atoms with Crippen LogP contribution in [0.2, 0.25) is 0 Å². The van der Waals surface area contributed by atoms with E-state index in [0.717, 1.165) is 12.8 Å². The molecule has 1 unspecified atom stereocenters. The van der Waals surface area contributed by atoms with Crippen LogP contribution in [-0.4, -0.2) is 22.5 Å². The van der Waals surface area contributed by atoms with E-state index >= 15 is 0 Å². The maximum absolute atomic E-state index is 10.6. The van der Waals surface area contributed by atoms with Crippen LogP contribution in [0.5, 0.6) is 5.75 Å². The van der Waals surface area contributed by atoms with Gasteiger partial charge in [-0.05, 0) is 23.6 Å². The molecule has 0 aliphatic carbocycles. The number of hydrogen-bond donors (Lipinski definition) is 2. The molecule has 0 aliphatic rings. The molecule has 1 atom stereocenters. The first kappa shape index (κ1) is 19.0. The van der Waals surface area contributed by atoms with E-state index in [1.807, 2.05) is 6.92 Å². The molecule has 0 radical (unpaired) electrons. The Kier molecular flexibility index (Phi) is 9.21. The predicted octanol–water partition coefficient (Wildman–Crippen LogP) is 2.46. The van der Waals surface area contributed by atoms with E-state index in [1.54, 1.807) is 30.3 Å². The van der Waals surface area contributed by atoms with Crippen LogP contribution >= 0.6 is 7.82 Å². The molecule has 9 nitrogen and oxygen atoms in total. The second kappa shape index (κ2) is 10.7. The van der Waals surface area contributed by atoms with Crippen molar-refractivity contribution >= 4 is 7.82 Å². The fourth-order valence-corrected chi connectivity index (χ4v) is 1.74. The Morgan fingerprint density at radius 1 is 1.14 bits per heavy atom. The molecule has 0 amide bonds. The molecule has 1 rings (SSSR count). The second-order valence-electron chi connectivity index (χ2n) is 4.25. The van der Waals surface area contributed by atoms with Gasteiger partial charge >= 0.3 is 7.82 Å². The second-order valence-corrected chi connectivity index (χ2v) is 5.49. The Bertz CT molecular complexity index is 435. The third-order valence-corrected chi connectivity index (χ3v) is 2.90. The zero-order valence-electron chi connectivity index (χ0n) is 12.0. The normalized spacial score (nSPS) is 13.0. The molecular weight excluding hydrogens is 319 g/mol. The van der Waals surface area contributed by atoms with Crippen LogP contribution < -0.4 is 4.89 Å². The molecule has 22 heavy (non-hydrogen) atoms. The van der Waals surface area contributed by atoms with Crippen molar-refractivity contribution in [3.05, 3.63) is 30.3 Å². The molecule has 1 aromatic rings. The first-order valence-corrected chi connectivity index (χ1v) is 8.12. The average molecular weight is 338 g/mol. The summed E-state index contributed by atoms with van der Waals surface area (Å²) in [5, 5.41) is 12.8. The molecule has 1 aromatic carbocycles. The summed E-state index contributed by atoms with van der Waals surface area (Å²) in [5.41, 5.74) is 0. The van der Waals surface area contributed by atoms with Crippen LogP contribution in [0.3, 0.4) is 0 Å². The van der Waals surface area contributed by atoms with E-state index in [-0.39, 0.29) is 6.61 Å². The molecule has 0 spiro atoms. The van der Waals surface area contributed by atoms with Crippen LogP contribution in [-0.2, 0) is 29.1 Å². The van der Waals surface area contributed by atoms with Crippen molar-refractivity contribution in [2.24, 2.45) is 0 Å². The van der Waals surface area contributed by atoms with Crippen molar-refractivity contribution in [2.75, 3.05) is 6.61 Å². The van der Waals surface area contributed by atoms with Gasteiger partial charge in [-0.15, -0.1) is 0 Å². The summed E-state index contributed by atoms with van der Waals surface area (Å²) in [5.74, 6) is 0.387. The van der Waals surface area contributed by atoms with E-state index in [0.29, 0.717) is 12.2 Å². The van der Waals surface area contributed by atoms with Crippen molar-refractivity contribution in [3.63, 3.8) is 0 Å². The largest absolute Gasteiger partial charge is 0.469 e. The van der Waals surface area contributed by atoms with Gasteiger partial charge in [0.15, 0.2) is 5.75 Å². The zero-order valence-corrected chi connectivity index (χ0v) is 12.9. The molecular formula is C12H19O9P. The van der Waals surface area contributed by atoms with Crippen molar-refractivity contribution < 1.29 is 43.8 Å². The minimum atomic E-state index is -4.57. The van der Waals surface area contributed by atoms with Gasteiger partial charge in [0.05, 0.1) is 6.61 Å². The van der Waals surface area contributed by atoms with Crippen LogP contribution in [0.1, 0.15) is 26.2 Å². The standard InChI is InChI=1S/C12H19O9P/c1-2-3-7-12(10-16-22(13,14)15)18-20-21-19-17-11-8-5-4-6-9-11/h4-6,8-9,12H,2-3,7,10H2,1H3,(H2,13,14,15). The highest BCUT2D eigenvalue weighted by Gasteiger charge is 2.19. The minimum absolute atomic E-state index is 0.354. The van der Waals surface area contributed by atoms with Gasteiger partial charge in [0, 0.05) is 10.1 Å². The van der Waals surface area contributed by atoms with Crippen molar-refractivity contribution in [3.8, 4) is 5.75 Å². The van der Waals surface area contributed by atoms with Crippen LogP contribution in [0, 0.1) is 0 Å². The quantitative estimate of drug-likeness (QED) is 0.257. The average Bonchev–Trinajstić information content (AvgIpc) is 2.49. The van der Waals surface area contributed by atoms with Crippen molar-refractivity contribution in [2.45, 2.75) is 32.3 Å². The van der Waals surface area contributed by atoms with Crippen molar-refractivity contribution in [1.29, 1.82) is 0 Å². The summed E-state index contributed by atoms with van der Waals surface area (Å²) in [6.07, 6.45) is 1.34. The first-order chi connectivity index (χ1) is 10.5. The zero-order chi connectivity index (χ0) is 16.3. The Balaban J connectivity index is 2.20. The fourth-order valence-electron chi connectivity index (χ4n) is 1.38. The monoisotopic (exact) mass is 338 g/mol. The third kappa shape index (κ3) is 9.82. The molecule has 0 heterocycles. The van der Waals surface area contributed by atoms with Gasteiger partial charge in [0.1, 0.15) is 6.10 Å². The lowest BCUT2D eigenvalue weighted by Gasteiger charge is -2.15. The molecule has 126 valence electrons. The summed E-state index contributed by atoms with van der Waals surface area (Å²) >= 11 is 0. The van der Waals surface area contributed by atoms with Gasteiger partial charge in [-0.25, -0.2) is 4.57 Å². The summed E-state index contributed by atoms with van der Waals surface area (Å²) in [7, 11) is -4.57. The van der Waals surface area contributed by atoms with Gasteiger partial charge in [0.2, 0.25) is 0 Å². The molecule has 10 heteroatoms. The van der Waals surface area contributed by atoms with Crippen LogP contribution in [0.15, 0.2) is 30.3 Å². The number of phosphoric acid groups is 1. The topological polar surface area (TPSA) is 113 Å². The van der Waals surface area contributed by atoms with Crippen LogP contribution in [0.25, 0.3) is 0 Å². The Labute approximate surface area is 127 Å². The predicted molar refractivity (Wildman–Crippen MR) is 72.7 cm³/mol. The number of unbranched alkanes of at least 4 members (excludes halogenated alkanes) is 1. The molecule has 0 bridgehead atoms. The maximum atomic E-state index is 10.6. The van der Waals surface area contributed by atoms with Crippen molar-refractivity contribution in [1.82, 2.24) is 0 Å². The van der Waals surface area contributed by atoms with E-state index in [9.17, 15) is 4.57 Å². The molecule has 2 N–H and O–H groups in total. The number of rotatable bonds is 12. The van der Waals surface area contributed by atoms with Gasteiger partial charge in [0.25, 0.3) is 0 Å². The molecule has 0 saturated carbocycles. The minimum Gasteiger partial charge on any atom is -0.306 e. The number of para-hydroxylation sites is 1.